The van der Waals surface area contributed by atoms with Gasteiger partial charge in [-0.15, -0.1) is 10.0 Å². The number of carbonyl (C=O) groups excluding carboxylic acids is 1. The molecule has 1 amide bonds. The predicted molar refractivity (Wildman–Crippen MR) is 92.4 cm³/mol. The molecule has 0 unspecified atom stereocenters. The fraction of sp³-hybridized carbons (Fsp3) is 0.267. The van der Waals surface area contributed by atoms with Gasteiger partial charge in [-0.3, -0.25) is 14.7 Å². The third kappa shape index (κ3) is 3.51. The second kappa shape index (κ2) is 7.50. The van der Waals surface area contributed by atoms with E-state index in [0.717, 1.165) is 0 Å². The van der Waals surface area contributed by atoms with Gasteiger partial charge < -0.3 is 9.67 Å². The summed E-state index contributed by atoms with van der Waals surface area (Å²) in [5.74, 6) is -0.743. The number of fused-ring (bicyclic) bond motifs is 1. The van der Waals surface area contributed by atoms with E-state index in [1.54, 1.807) is 34.6 Å². The maximum Gasteiger partial charge on any atom is 0.243 e. The molecule has 0 saturated heterocycles. The molecule has 0 aliphatic rings. The first-order valence-corrected chi connectivity index (χ1v) is 8.07. The second-order valence-corrected chi connectivity index (χ2v) is 6.06. The summed E-state index contributed by atoms with van der Waals surface area (Å²) >= 11 is 5.95. The molecule has 3 N–H and O–H groups in total. The maximum absolute atomic E-state index is 11.1. The Labute approximate surface area is 151 Å². The van der Waals surface area contributed by atoms with Gasteiger partial charge in [0.25, 0.3) is 0 Å². The Kier molecular flexibility index (Phi) is 5.14. The molecule has 10 nitrogen and oxygen atoms in total. The van der Waals surface area contributed by atoms with E-state index in [2.05, 4.69) is 15.5 Å². The Bertz CT molecular complexity index is 967. The van der Waals surface area contributed by atoms with Crippen LogP contribution < -0.4 is 5.48 Å². The number of halogens is 1. The predicted octanol–water partition coefficient (Wildman–Crippen LogP) is 2.32. The number of hydrogen-bond donors (Lipinski definition) is 3. The maximum atomic E-state index is 11.1. The fourth-order valence-corrected chi connectivity index (χ4v) is 2.86. The van der Waals surface area contributed by atoms with Crippen LogP contribution >= 0.6 is 11.6 Å². The van der Waals surface area contributed by atoms with Gasteiger partial charge in [0.15, 0.2) is 5.69 Å². The summed E-state index contributed by atoms with van der Waals surface area (Å²) in [5.41, 5.74) is 2.63. The van der Waals surface area contributed by atoms with E-state index in [-0.39, 0.29) is 24.5 Å². The minimum absolute atomic E-state index is 0.0788. The lowest BCUT2D eigenvalue weighted by Gasteiger charge is -2.04. The highest BCUT2D eigenvalue weighted by atomic mass is 35.5. The highest BCUT2D eigenvalue weighted by Gasteiger charge is 2.19. The van der Waals surface area contributed by atoms with Crippen molar-refractivity contribution in [3.05, 3.63) is 40.0 Å². The van der Waals surface area contributed by atoms with Crippen LogP contribution in [-0.4, -0.2) is 35.8 Å². The molecule has 0 atom stereocenters. The summed E-state index contributed by atoms with van der Waals surface area (Å²) in [6, 6.07) is 4.90. The van der Waals surface area contributed by atoms with E-state index in [1.807, 2.05) is 0 Å². The highest BCUT2D eigenvalue weighted by Crippen LogP contribution is 2.39. The minimum atomic E-state index is -0.471. The Hall–Kier alpha value is -2.98. The summed E-state index contributed by atoms with van der Waals surface area (Å²) in [6.07, 6.45) is 2.31. The van der Waals surface area contributed by atoms with Crippen LogP contribution in [0.2, 0.25) is 5.02 Å². The molecule has 26 heavy (non-hydrogen) atoms. The molecule has 136 valence electrons. The molecule has 0 aliphatic heterocycles. The van der Waals surface area contributed by atoms with Crippen molar-refractivity contribution >= 4 is 34.1 Å². The number of carbonyl (C=O) groups is 1. The smallest absolute Gasteiger partial charge is 0.243 e. The van der Waals surface area contributed by atoms with Crippen LogP contribution in [0.15, 0.2) is 29.6 Å². The SMILES string of the molecule is O=Nc1c(O)n(Cc2cn(CCCC(=O)NO)nn2)c2ccc(Cl)cc12. The van der Waals surface area contributed by atoms with E-state index >= 15 is 0 Å². The molecule has 0 radical (unpaired) electrons. The lowest BCUT2D eigenvalue weighted by molar-refractivity contribution is -0.129. The molecule has 1 aromatic carbocycles. The molecule has 2 heterocycles. The lowest BCUT2D eigenvalue weighted by atomic mass is 10.2. The summed E-state index contributed by atoms with van der Waals surface area (Å²) in [5, 5.41) is 30.5. The number of nitrogens with zero attached hydrogens (tertiary/aromatic N) is 5. The monoisotopic (exact) mass is 378 g/mol. The van der Waals surface area contributed by atoms with Crippen LogP contribution in [0.25, 0.3) is 10.9 Å². The number of hydrogen-bond acceptors (Lipinski definition) is 7. The first-order chi connectivity index (χ1) is 12.5. The van der Waals surface area contributed by atoms with Crippen LogP contribution in [0.5, 0.6) is 5.88 Å². The molecule has 2 aromatic heterocycles. The van der Waals surface area contributed by atoms with Gasteiger partial charge in [0.2, 0.25) is 11.8 Å². The number of amides is 1. The van der Waals surface area contributed by atoms with Crippen molar-refractivity contribution < 1.29 is 15.1 Å². The van der Waals surface area contributed by atoms with Crippen molar-refractivity contribution in [1.82, 2.24) is 25.0 Å². The number of nitrogens with one attached hydrogen (secondary N) is 1. The van der Waals surface area contributed by atoms with Gasteiger partial charge in [0, 0.05) is 23.4 Å². The number of aryl methyl sites for hydroxylation is 1. The van der Waals surface area contributed by atoms with Crippen LogP contribution in [-0.2, 0) is 17.9 Å². The average molecular weight is 379 g/mol. The zero-order valence-corrected chi connectivity index (χ0v) is 14.2. The molecule has 3 aromatic rings. The van der Waals surface area contributed by atoms with E-state index in [9.17, 15) is 14.8 Å². The molecule has 0 fully saturated rings. The first kappa shape index (κ1) is 17.8. The number of rotatable bonds is 7. The number of hydroxylamine groups is 1. The molecular weight excluding hydrogens is 364 g/mol. The van der Waals surface area contributed by atoms with E-state index in [0.29, 0.717) is 34.6 Å². The number of aromatic hydroxyl groups is 1. The average Bonchev–Trinajstić information content (AvgIpc) is 3.17. The zero-order valence-electron chi connectivity index (χ0n) is 13.5. The molecule has 0 aliphatic carbocycles. The zero-order chi connectivity index (χ0) is 18.7. The Morgan fingerprint density at radius 3 is 2.92 bits per heavy atom. The van der Waals surface area contributed by atoms with E-state index < -0.39 is 5.91 Å². The minimum Gasteiger partial charge on any atom is -0.493 e. The van der Waals surface area contributed by atoms with Gasteiger partial charge in [0.1, 0.15) is 5.69 Å². The number of nitroso groups, excluding NO2 is 1. The van der Waals surface area contributed by atoms with Crippen molar-refractivity contribution in [3.63, 3.8) is 0 Å². The topological polar surface area (TPSA) is 135 Å². The van der Waals surface area contributed by atoms with Crippen molar-refractivity contribution in [2.24, 2.45) is 5.18 Å². The van der Waals surface area contributed by atoms with Crippen molar-refractivity contribution in [2.75, 3.05) is 0 Å². The third-order valence-electron chi connectivity index (χ3n) is 3.89. The Balaban J connectivity index is 1.80. The standard InChI is InChI=1S/C15H15ClN6O4/c16-9-3-4-12-11(6-9)14(19-26)15(24)22(12)8-10-7-21(20-17-10)5-1-2-13(23)18-25/h3-4,6-7,24-25H,1-2,5,8H2,(H,18,23). The summed E-state index contributed by atoms with van der Waals surface area (Å²) in [4.78, 5) is 22.1. The molecular formula is C15H15ClN6O4. The molecule has 0 spiro atoms. The van der Waals surface area contributed by atoms with E-state index in [4.69, 9.17) is 16.8 Å². The fourth-order valence-electron chi connectivity index (χ4n) is 2.69. The molecule has 0 bridgehead atoms. The normalized spacial score (nSPS) is 11.0. The molecule has 0 saturated carbocycles. The van der Waals surface area contributed by atoms with Gasteiger partial charge in [-0.25, -0.2) is 5.48 Å². The lowest BCUT2D eigenvalue weighted by Crippen LogP contribution is -2.18. The Morgan fingerprint density at radius 2 is 2.19 bits per heavy atom. The van der Waals surface area contributed by atoms with Gasteiger partial charge in [-0.2, -0.15) is 0 Å². The van der Waals surface area contributed by atoms with Crippen LogP contribution in [0.1, 0.15) is 18.5 Å². The first-order valence-electron chi connectivity index (χ1n) is 7.69. The molecule has 3 rings (SSSR count). The van der Waals surface area contributed by atoms with Gasteiger partial charge in [-0.1, -0.05) is 16.8 Å². The highest BCUT2D eigenvalue weighted by molar-refractivity contribution is 6.31. The van der Waals surface area contributed by atoms with Crippen molar-refractivity contribution in [3.8, 4) is 5.88 Å². The summed E-state index contributed by atoms with van der Waals surface area (Å²) < 4.78 is 3.05. The van der Waals surface area contributed by atoms with Crippen LogP contribution in [0, 0.1) is 4.91 Å². The second-order valence-electron chi connectivity index (χ2n) is 5.62. The summed E-state index contributed by atoms with van der Waals surface area (Å²) in [6.45, 7) is 0.617. The Morgan fingerprint density at radius 1 is 1.38 bits per heavy atom. The van der Waals surface area contributed by atoms with Crippen molar-refractivity contribution in [2.45, 2.75) is 25.9 Å². The molecule has 11 heteroatoms. The van der Waals surface area contributed by atoms with Crippen LogP contribution in [0.3, 0.4) is 0 Å². The summed E-state index contributed by atoms with van der Waals surface area (Å²) in [7, 11) is 0. The van der Waals surface area contributed by atoms with Crippen LogP contribution in [0.4, 0.5) is 5.69 Å². The van der Waals surface area contributed by atoms with Gasteiger partial charge in [-0.05, 0) is 29.8 Å². The van der Waals surface area contributed by atoms with Crippen molar-refractivity contribution in [1.29, 1.82) is 0 Å². The number of aromatic nitrogens is 4. The largest absolute Gasteiger partial charge is 0.493 e. The van der Waals surface area contributed by atoms with E-state index in [1.165, 1.54) is 4.57 Å². The van der Waals surface area contributed by atoms with Gasteiger partial charge >= 0.3 is 0 Å². The third-order valence-corrected chi connectivity index (χ3v) is 4.12. The number of benzene rings is 1. The quantitative estimate of drug-likeness (QED) is 0.328. The van der Waals surface area contributed by atoms with Gasteiger partial charge in [0.05, 0.1) is 18.3 Å².